The van der Waals surface area contributed by atoms with Crippen molar-refractivity contribution >= 4 is 5.91 Å². The number of nitrogens with zero attached hydrogens (tertiary/aromatic N) is 1. The zero-order valence-electron chi connectivity index (χ0n) is 10.5. The molecule has 0 radical (unpaired) electrons. The molecule has 0 saturated carbocycles. The van der Waals surface area contributed by atoms with Gasteiger partial charge in [-0.15, -0.1) is 0 Å². The van der Waals surface area contributed by atoms with E-state index in [9.17, 15) is 9.90 Å². The summed E-state index contributed by atoms with van der Waals surface area (Å²) in [5.41, 5.74) is 1.18. The first-order valence-corrected chi connectivity index (χ1v) is 5.68. The van der Waals surface area contributed by atoms with Crippen molar-refractivity contribution in [2.45, 2.75) is 26.8 Å². The first-order valence-electron chi connectivity index (χ1n) is 5.68. The summed E-state index contributed by atoms with van der Waals surface area (Å²) in [6, 6.07) is 4.94. The molecule has 2 N–H and O–H groups in total. The van der Waals surface area contributed by atoms with Crippen LogP contribution in [-0.4, -0.2) is 40.2 Å². The van der Waals surface area contributed by atoms with E-state index in [2.05, 4.69) is 0 Å². The Labute approximate surface area is 101 Å². The van der Waals surface area contributed by atoms with Crippen molar-refractivity contribution in [3.63, 3.8) is 0 Å². The van der Waals surface area contributed by atoms with E-state index in [-0.39, 0.29) is 36.4 Å². The molecule has 0 aliphatic rings. The van der Waals surface area contributed by atoms with Gasteiger partial charge in [-0.25, -0.2) is 0 Å². The normalized spacial score (nSPS) is 10.6. The molecular weight excluding hydrogens is 218 g/mol. The molecule has 1 aromatic carbocycles. The topological polar surface area (TPSA) is 60.8 Å². The molecule has 1 aromatic rings. The first-order chi connectivity index (χ1) is 7.97. The zero-order valence-corrected chi connectivity index (χ0v) is 10.5. The summed E-state index contributed by atoms with van der Waals surface area (Å²) < 4.78 is 0. The lowest BCUT2D eigenvalue weighted by molar-refractivity contribution is 0.0662. The molecule has 1 rings (SSSR count). The fourth-order valence-corrected chi connectivity index (χ4v) is 1.68. The van der Waals surface area contributed by atoms with Crippen molar-refractivity contribution in [2.75, 3.05) is 13.2 Å². The first kappa shape index (κ1) is 13.5. The Morgan fingerprint density at radius 1 is 1.41 bits per heavy atom. The van der Waals surface area contributed by atoms with Gasteiger partial charge in [-0.3, -0.25) is 4.79 Å². The minimum atomic E-state index is -0.258. The van der Waals surface area contributed by atoms with E-state index < -0.39 is 0 Å². The minimum absolute atomic E-state index is 0.0152. The summed E-state index contributed by atoms with van der Waals surface area (Å²) in [4.78, 5) is 13.7. The number of aliphatic hydroxyl groups is 1. The molecule has 94 valence electrons. The van der Waals surface area contributed by atoms with Gasteiger partial charge in [-0.05, 0) is 38.5 Å². The van der Waals surface area contributed by atoms with Crippen LogP contribution in [0.2, 0.25) is 0 Å². The third kappa shape index (κ3) is 3.20. The van der Waals surface area contributed by atoms with Crippen LogP contribution >= 0.6 is 0 Å². The maximum Gasteiger partial charge on any atom is 0.257 e. The van der Waals surface area contributed by atoms with E-state index in [1.165, 1.54) is 4.90 Å². The fourth-order valence-electron chi connectivity index (χ4n) is 1.68. The third-order valence-electron chi connectivity index (χ3n) is 2.61. The lowest BCUT2D eigenvalue weighted by atomic mass is 10.1. The van der Waals surface area contributed by atoms with E-state index in [1.807, 2.05) is 20.8 Å². The molecule has 0 spiro atoms. The van der Waals surface area contributed by atoms with Crippen molar-refractivity contribution in [2.24, 2.45) is 0 Å². The van der Waals surface area contributed by atoms with Crippen molar-refractivity contribution in [1.82, 2.24) is 4.90 Å². The minimum Gasteiger partial charge on any atom is -0.507 e. The van der Waals surface area contributed by atoms with Crippen LogP contribution in [-0.2, 0) is 0 Å². The number of aromatic hydroxyl groups is 1. The van der Waals surface area contributed by atoms with E-state index in [0.717, 1.165) is 5.56 Å². The van der Waals surface area contributed by atoms with Gasteiger partial charge in [0.2, 0.25) is 0 Å². The van der Waals surface area contributed by atoms with Crippen molar-refractivity contribution in [1.29, 1.82) is 0 Å². The lowest BCUT2D eigenvalue weighted by Crippen LogP contribution is -2.39. The number of hydrogen-bond donors (Lipinski definition) is 2. The van der Waals surface area contributed by atoms with Gasteiger partial charge in [0.25, 0.3) is 5.91 Å². The van der Waals surface area contributed by atoms with Gasteiger partial charge >= 0.3 is 0 Å². The van der Waals surface area contributed by atoms with Crippen LogP contribution < -0.4 is 0 Å². The second kappa shape index (κ2) is 5.68. The number of benzene rings is 1. The number of carbonyl (C=O) groups is 1. The summed E-state index contributed by atoms with van der Waals surface area (Å²) in [5.74, 6) is -0.273. The number of aryl methyl sites for hydroxylation is 1. The highest BCUT2D eigenvalue weighted by Gasteiger charge is 2.20. The zero-order chi connectivity index (χ0) is 13.0. The van der Waals surface area contributed by atoms with E-state index in [4.69, 9.17) is 5.11 Å². The maximum atomic E-state index is 12.2. The SMILES string of the molecule is Cc1ccc(C(=O)N(CCO)C(C)C)c(O)c1. The predicted molar refractivity (Wildman–Crippen MR) is 66.1 cm³/mol. The van der Waals surface area contributed by atoms with Crippen LogP contribution in [0.25, 0.3) is 0 Å². The fraction of sp³-hybridized carbons (Fsp3) is 0.462. The monoisotopic (exact) mass is 237 g/mol. The smallest absolute Gasteiger partial charge is 0.257 e. The van der Waals surface area contributed by atoms with E-state index in [0.29, 0.717) is 0 Å². The van der Waals surface area contributed by atoms with Crippen LogP contribution in [0.5, 0.6) is 5.75 Å². The number of hydrogen-bond acceptors (Lipinski definition) is 3. The second-order valence-corrected chi connectivity index (χ2v) is 4.34. The van der Waals surface area contributed by atoms with Crippen molar-refractivity contribution < 1.29 is 15.0 Å². The molecular formula is C13H19NO3. The van der Waals surface area contributed by atoms with Crippen LogP contribution in [0.15, 0.2) is 18.2 Å². The van der Waals surface area contributed by atoms with Crippen molar-refractivity contribution in [3.8, 4) is 5.75 Å². The molecule has 4 heteroatoms. The Hall–Kier alpha value is -1.55. The Morgan fingerprint density at radius 3 is 2.53 bits per heavy atom. The highest BCUT2D eigenvalue weighted by atomic mass is 16.3. The number of phenolic OH excluding ortho intramolecular Hbond substituents is 1. The molecule has 4 nitrogen and oxygen atoms in total. The average molecular weight is 237 g/mol. The molecule has 0 aliphatic carbocycles. The average Bonchev–Trinajstić information content (AvgIpc) is 2.24. The number of aliphatic hydroxyl groups excluding tert-OH is 1. The highest BCUT2D eigenvalue weighted by molar-refractivity contribution is 5.97. The van der Waals surface area contributed by atoms with Crippen LogP contribution in [0.1, 0.15) is 29.8 Å². The molecule has 0 bridgehead atoms. The van der Waals surface area contributed by atoms with Gasteiger partial charge in [0.1, 0.15) is 5.75 Å². The lowest BCUT2D eigenvalue weighted by Gasteiger charge is -2.26. The van der Waals surface area contributed by atoms with Gasteiger partial charge in [-0.1, -0.05) is 6.07 Å². The third-order valence-corrected chi connectivity index (χ3v) is 2.61. The number of rotatable bonds is 4. The highest BCUT2D eigenvalue weighted by Crippen LogP contribution is 2.21. The summed E-state index contributed by atoms with van der Waals surface area (Å²) >= 11 is 0. The standard InChI is InChI=1S/C13H19NO3/c1-9(2)14(6-7-15)13(17)11-5-4-10(3)8-12(11)16/h4-5,8-9,15-16H,6-7H2,1-3H3. The van der Waals surface area contributed by atoms with E-state index >= 15 is 0 Å². The molecule has 0 atom stereocenters. The number of carbonyl (C=O) groups excluding carboxylic acids is 1. The van der Waals surface area contributed by atoms with Crippen LogP contribution in [0, 0.1) is 6.92 Å². The van der Waals surface area contributed by atoms with Crippen molar-refractivity contribution in [3.05, 3.63) is 29.3 Å². The number of phenols is 1. The molecule has 0 saturated heterocycles. The molecule has 0 aliphatic heterocycles. The molecule has 17 heavy (non-hydrogen) atoms. The van der Waals surface area contributed by atoms with Gasteiger partial charge in [0.15, 0.2) is 0 Å². The Bertz CT molecular complexity index is 402. The molecule has 0 fully saturated rings. The summed E-state index contributed by atoms with van der Waals surface area (Å²) in [6.07, 6.45) is 0. The second-order valence-electron chi connectivity index (χ2n) is 4.34. The summed E-state index contributed by atoms with van der Waals surface area (Å²) in [6.45, 7) is 5.78. The van der Waals surface area contributed by atoms with Crippen LogP contribution in [0.3, 0.4) is 0 Å². The predicted octanol–water partition coefficient (Wildman–Crippen LogP) is 1.54. The molecule has 0 unspecified atom stereocenters. The molecule has 1 amide bonds. The Kier molecular flexibility index (Phi) is 4.52. The Balaban J connectivity index is 3.01. The summed E-state index contributed by atoms with van der Waals surface area (Å²) in [5, 5.41) is 18.7. The van der Waals surface area contributed by atoms with Gasteiger partial charge in [0, 0.05) is 12.6 Å². The molecule has 0 heterocycles. The maximum absolute atomic E-state index is 12.2. The number of amides is 1. The van der Waals surface area contributed by atoms with Gasteiger partial charge in [-0.2, -0.15) is 0 Å². The summed E-state index contributed by atoms with van der Waals surface area (Å²) in [7, 11) is 0. The largest absolute Gasteiger partial charge is 0.507 e. The van der Waals surface area contributed by atoms with Gasteiger partial charge < -0.3 is 15.1 Å². The quantitative estimate of drug-likeness (QED) is 0.835. The van der Waals surface area contributed by atoms with Crippen LogP contribution in [0.4, 0.5) is 0 Å². The van der Waals surface area contributed by atoms with E-state index in [1.54, 1.807) is 18.2 Å². The molecule has 0 aromatic heterocycles. The Morgan fingerprint density at radius 2 is 2.06 bits per heavy atom. The van der Waals surface area contributed by atoms with Gasteiger partial charge in [0.05, 0.1) is 12.2 Å².